The molecule has 6 nitrogen and oxygen atoms in total. The highest BCUT2D eigenvalue weighted by Gasteiger charge is 2.29. The number of likely N-dealkylation sites (tertiary alicyclic amines) is 1. The Bertz CT molecular complexity index is 474. The number of aliphatic hydroxyl groups is 1. The Kier molecular flexibility index (Phi) is 6.36. The molecule has 1 fully saturated rings. The molecule has 1 aliphatic rings. The maximum absolute atomic E-state index is 12.5. The van der Waals surface area contributed by atoms with E-state index in [1.54, 1.807) is 10.9 Å². The summed E-state index contributed by atoms with van der Waals surface area (Å²) in [5.74, 6) is 0.784. The average molecular weight is 308 g/mol. The lowest BCUT2D eigenvalue weighted by atomic mass is 9.95. The Morgan fingerprint density at radius 1 is 1.50 bits per heavy atom. The van der Waals surface area contributed by atoms with E-state index < -0.39 is 0 Å². The van der Waals surface area contributed by atoms with Crippen molar-refractivity contribution < 1.29 is 9.90 Å². The van der Waals surface area contributed by atoms with Crippen molar-refractivity contribution in [3.63, 3.8) is 0 Å². The SMILES string of the molecule is CCCCC(CC)CC(=O)N1CCC(n2cc(CO)nn2)C1. The van der Waals surface area contributed by atoms with Crippen molar-refractivity contribution in [2.45, 2.75) is 65.0 Å². The molecule has 2 atom stereocenters. The van der Waals surface area contributed by atoms with Gasteiger partial charge in [0, 0.05) is 19.5 Å². The zero-order valence-electron chi connectivity index (χ0n) is 13.7. The summed E-state index contributed by atoms with van der Waals surface area (Å²) in [5.41, 5.74) is 0.579. The smallest absolute Gasteiger partial charge is 0.222 e. The fraction of sp³-hybridized carbons (Fsp3) is 0.812. The number of nitrogens with zero attached hydrogens (tertiary/aromatic N) is 4. The third-order valence-electron chi connectivity index (χ3n) is 4.62. The van der Waals surface area contributed by atoms with Crippen molar-refractivity contribution in [3.8, 4) is 0 Å². The minimum absolute atomic E-state index is 0.0923. The van der Waals surface area contributed by atoms with Crippen molar-refractivity contribution >= 4 is 5.91 Å². The van der Waals surface area contributed by atoms with Gasteiger partial charge >= 0.3 is 0 Å². The molecule has 2 rings (SSSR count). The number of carbonyl (C=O) groups is 1. The molecule has 1 N–H and O–H groups in total. The molecule has 6 heteroatoms. The largest absolute Gasteiger partial charge is 0.390 e. The van der Waals surface area contributed by atoms with E-state index in [9.17, 15) is 4.79 Å². The Labute approximate surface area is 132 Å². The first kappa shape index (κ1) is 16.9. The summed E-state index contributed by atoms with van der Waals surface area (Å²) in [7, 11) is 0. The zero-order valence-corrected chi connectivity index (χ0v) is 13.7. The zero-order chi connectivity index (χ0) is 15.9. The Morgan fingerprint density at radius 3 is 2.95 bits per heavy atom. The van der Waals surface area contributed by atoms with Crippen LogP contribution in [-0.2, 0) is 11.4 Å². The van der Waals surface area contributed by atoms with Gasteiger partial charge in [-0.1, -0.05) is 38.3 Å². The standard InChI is InChI=1S/C16H28N4O2/c1-3-5-6-13(4-2)9-16(22)19-8-7-15(11-19)20-10-14(12-21)17-18-20/h10,13,15,21H,3-9,11-12H2,1-2H3. The molecule has 0 radical (unpaired) electrons. The van der Waals surface area contributed by atoms with Crippen LogP contribution in [0.1, 0.15) is 64.1 Å². The van der Waals surface area contributed by atoms with E-state index in [1.807, 2.05) is 4.90 Å². The van der Waals surface area contributed by atoms with Crippen molar-refractivity contribution in [1.29, 1.82) is 0 Å². The van der Waals surface area contributed by atoms with Crippen molar-refractivity contribution in [2.75, 3.05) is 13.1 Å². The third-order valence-corrected chi connectivity index (χ3v) is 4.62. The van der Waals surface area contributed by atoms with Gasteiger partial charge in [-0.3, -0.25) is 4.79 Å². The predicted molar refractivity (Wildman–Crippen MR) is 84.1 cm³/mol. The van der Waals surface area contributed by atoms with E-state index in [0.717, 1.165) is 25.8 Å². The Hall–Kier alpha value is -1.43. The van der Waals surface area contributed by atoms with E-state index in [0.29, 0.717) is 24.6 Å². The second-order valence-corrected chi connectivity index (χ2v) is 6.25. The molecule has 2 heterocycles. The van der Waals surface area contributed by atoms with Crippen LogP contribution in [-0.4, -0.2) is 44.0 Å². The first-order chi connectivity index (χ1) is 10.7. The predicted octanol–water partition coefficient (Wildman–Crippen LogP) is 2.15. The second kappa shape index (κ2) is 8.27. The van der Waals surface area contributed by atoms with Crippen LogP contribution in [0, 0.1) is 5.92 Å². The molecule has 124 valence electrons. The molecule has 1 aromatic heterocycles. The van der Waals surface area contributed by atoms with Gasteiger partial charge in [-0.05, 0) is 18.8 Å². The van der Waals surface area contributed by atoms with Gasteiger partial charge in [0.2, 0.25) is 5.91 Å². The molecule has 1 saturated heterocycles. The molecule has 2 unspecified atom stereocenters. The summed E-state index contributed by atoms with van der Waals surface area (Å²) in [4.78, 5) is 14.4. The summed E-state index contributed by atoms with van der Waals surface area (Å²) < 4.78 is 1.78. The third kappa shape index (κ3) is 4.29. The van der Waals surface area contributed by atoms with Gasteiger partial charge in [-0.2, -0.15) is 0 Å². The highest BCUT2D eigenvalue weighted by atomic mass is 16.3. The molecule has 0 spiro atoms. The molecule has 0 aromatic carbocycles. The number of aliphatic hydroxyl groups excluding tert-OH is 1. The van der Waals surface area contributed by atoms with E-state index >= 15 is 0 Å². The molecular weight excluding hydrogens is 280 g/mol. The van der Waals surface area contributed by atoms with Crippen molar-refractivity contribution in [3.05, 3.63) is 11.9 Å². The van der Waals surface area contributed by atoms with Gasteiger partial charge in [-0.25, -0.2) is 4.68 Å². The Morgan fingerprint density at radius 2 is 2.32 bits per heavy atom. The van der Waals surface area contributed by atoms with E-state index in [4.69, 9.17) is 5.11 Å². The lowest BCUT2D eigenvalue weighted by molar-refractivity contribution is -0.131. The minimum Gasteiger partial charge on any atom is -0.390 e. The molecule has 0 aliphatic carbocycles. The van der Waals surface area contributed by atoms with Crippen LogP contribution in [0.15, 0.2) is 6.20 Å². The maximum Gasteiger partial charge on any atom is 0.222 e. The van der Waals surface area contributed by atoms with Crippen molar-refractivity contribution in [1.82, 2.24) is 19.9 Å². The van der Waals surface area contributed by atoms with Gasteiger partial charge in [-0.15, -0.1) is 5.10 Å². The lowest BCUT2D eigenvalue weighted by Crippen LogP contribution is -2.30. The number of rotatable bonds is 8. The monoisotopic (exact) mass is 308 g/mol. The number of amides is 1. The summed E-state index contributed by atoms with van der Waals surface area (Å²) in [6.45, 7) is 5.77. The molecule has 0 bridgehead atoms. The van der Waals surface area contributed by atoms with Crippen LogP contribution in [0.3, 0.4) is 0 Å². The van der Waals surface area contributed by atoms with Crippen LogP contribution in [0.5, 0.6) is 0 Å². The minimum atomic E-state index is -0.0923. The first-order valence-electron chi connectivity index (χ1n) is 8.47. The van der Waals surface area contributed by atoms with Crippen LogP contribution < -0.4 is 0 Å². The highest BCUT2D eigenvalue weighted by Crippen LogP contribution is 2.24. The van der Waals surface area contributed by atoms with Crippen LogP contribution in [0.4, 0.5) is 0 Å². The molecule has 1 aliphatic heterocycles. The highest BCUT2D eigenvalue weighted by molar-refractivity contribution is 5.76. The molecular formula is C16H28N4O2. The molecule has 0 saturated carbocycles. The summed E-state index contributed by atoms with van der Waals surface area (Å²) in [6, 6.07) is 0.187. The van der Waals surface area contributed by atoms with E-state index in [2.05, 4.69) is 24.2 Å². The topological polar surface area (TPSA) is 71.2 Å². The van der Waals surface area contributed by atoms with Crippen LogP contribution in [0.2, 0.25) is 0 Å². The average Bonchev–Trinajstić information content (AvgIpc) is 3.19. The number of hydrogen-bond donors (Lipinski definition) is 1. The van der Waals surface area contributed by atoms with E-state index in [1.165, 1.54) is 12.8 Å². The number of carbonyl (C=O) groups excluding carboxylic acids is 1. The quantitative estimate of drug-likeness (QED) is 0.799. The fourth-order valence-corrected chi connectivity index (χ4v) is 3.07. The second-order valence-electron chi connectivity index (χ2n) is 6.25. The van der Waals surface area contributed by atoms with Gasteiger partial charge in [0.1, 0.15) is 5.69 Å². The van der Waals surface area contributed by atoms with Gasteiger partial charge < -0.3 is 10.0 Å². The normalized spacial score (nSPS) is 19.6. The maximum atomic E-state index is 12.5. The number of aromatic nitrogens is 3. The summed E-state index contributed by atoms with van der Waals surface area (Å²) in [6.07, 6.45) is 7.97. The molecule has 22 heavy (non-hydrogen) atoms. The molecule has 1 amide bonds. The lowest BCUT2D eigenvalue weighted by Gasteiger charge is -2.20. The van der Waals surface area contributed by atoms with Crippen LogP contribution >= 0.6 is 0 Å². The summed E-state index contributed by atoms with van der Waals surface area (Å²) in [5, 5.41) is 17.0. The van der Waals surface area contributed by atoms with Gasteiger partial charge in [0.15, 0.2) is 0 Å². The first-order valence-corrected chi connectivity index (χ1v) is 8.47. The number of hydrogen-bond acceptors (Lipinski definition) is 4. The number of unbranched alkanes of at least 4 members (excludes halogenated alkanes) is 1. The van der Waals surface area contributed by atoms with Crippen molar-refractivity contribution in [2.24, 2.45) is 5.92 Å². The van der Waals surface area contributed by atoms with E-state index in [-0.39, 0.29) is 18.6 Å². The van der Waals surface area contributed by atoms with Crippen LogP contribution in [0.25, 0.3) is 0 Å². The summed E-state index contributed by atoms with van der Waals surface area (Å²) >= 11 is 0. The van der Waals surface area contributed by atoms with Gasteiger partial charge in [0.05, 0.1) is 18.8 Å². The molecule has 1 aromatic rings. The van der Waals surface area contributed by atoms with Gasteiger partial charge in [0.25, 0.3) is 0 Å². The Balaban J connectivity index is 1.85. The fourth-order valence-electron chi connectivity index (χ4n) is 3.07.